The van der Waals surface area contributed by atoms with Crippen LogP contribution in [-0.2, 0) is 4.79 Å². The van der Waals surface area contributed by atoms with Gasteiger partial charge in [0.1, 0.15) is 11.9 Å². The van der Waals surface area contributed by atoms with E-state index in [1.54, 1.807) is 6.07 Å². The van der Waals surface area contributed by atoms with Gasteiger partial charge in [0, 0.05) is 19.6 Å². The van der Waals surface area contributed by atoms with Gasteiger partial charge < -0.3 is 16.0 Å². The van der Waals surface area contributed by atoms with Gasteiger partial charge >= 0.3 is 0 Å². The number of halogens is 1. The zero-order valence-corrected chi connectivity index (χ0v) is 9.73. The third kappa shape index (κ3) is 2.33. The van der Waals surface area contributed by atoms with Crippen LogP contribution in [0.15, 0.2) is 24.3 Å². The van der Waals surface area contributed by atoms with Crippen LogP contribution in [-0.4, -0.2) is 42.4 Å². The maximum Gasteiger partial charge on any atom is 0.257 e. The van der Waals surface area contributed by atoms with Gasteiger partial charge in [0.05, 0.1) is 5.56 Å². The lowest BCUT2D eigenvalue weighted by molar-refractivity contribution is -0.122. The first-order valence-corrected chi connectivity index (χ1v) is 5.67. The van der Waals surface area contributed by atoms with Gasteiger partial charge in [0.2, 0.25) is 5.91 Å². The van der Waals surface area contributed by atoms with Crippen LogP contribution < -0.4 is 11.1 Å². The van der Waals surface area contributed by atoms with E-state index < -0.39 is 23.7 Å². The molecule has 0 aromatic heterocycles. The van der Waals surface area contributed by atoms with Crippen molar-refractivity contribution in [3.05, 3.63) is 35.6 Å². The lowest BCUT2D eigenvalue weighted by Gasteiger charge is -2.34. The van der Waals surface area contributed by atoms with Crippen LogP contribution >= 0.6 is 0 Å². The molecule has 1 aromatic carbocycles. The standard InChI is InChI=1S/C12H14FN3O2/c13-9-4-2-1-3-8(9)12(18)16-6-5-15-7-10(16)11(14)17/h1-4,10,15H,5-7H2,(H2,14,17). The number of nitrogens with zero attached hydrogens (tertiary/aromatic N) is 1. The van der Waals surface area contributed by atoms with Crippen LogP contribution in [0.2, 0.25) is 0 Å². The number of carbonyl (C=O) groups excluding carboxylic acids is 2. The summed E-state index contributed by atoms with van der Waals surface area (Å²) >= 11 is 0. The number of nitrogens with one attached hydrogen (secondary N) is 1. The van der Waals surface area contributed by atoms with Crippen molar-refractivity contribution in [2.24, 2.45) is 5.73 Å². The molecule has 96 valence electrons. The van der Waals surface area contributed by atoms with Crippen LogP contribution in [0.1, 0.15) is 10.4 Å². The monoisotopic (exact) mass is 251 g/mol. The smallest absolute Gasteiger partial charge is 0.257 e. The zero-order chi connectivity index (χ0) is 13.1. The van der Waals surface area contributed by atoms with Crippen LogP contribution in [0.3, 0.4) is 0 Å². The Kier molecular flexibility index (Phi) is 3.57. The van der Waals surface area contributed by atoms with Crippen LogP contribution in [0, 0.1) is 5.82 Å². The largest absolute Gasteiger partial charge is 0.368 e. The topological polar surface area (TPSA) is 75.4 Å². The highest BCUT2D eigenvalue weighted by atomic mass is 19.1. The number of amides is 2. The van der Waals surface area contributed by atoms with Crippen molar-refractivity contribution >= 4 is 11.8 Å². The van der Waals surface area contributed by atoms with Gasteiger partial charge in [-0.3, -0.25) is 9.59 Å². The minimum atomic E-state index is -0.731. The summed E-state index contributed by atoms with van der Waals surface area (Å²) in [5, 5.41) is 2.98. The fourth-order valence-corrected chi connectivity index (χ4v) is 1.99. The molecule has 5 nitrogen and oxygen atoms in total. The predicted octanol–water partition coefficient (Wildman–Crippen LogP) is -0.275. The molecule has 1 aliphatic rings. The average molecular weight is 251 g/mol. The fraction of sp³-hybridized carbons (Fsp3) is 0.333. The molecule has 0 spiro atoms. The molecule has 1 saturated heterocycles. The summed E-state index contributed by atoms with van der Waals surface area (Å²) in [6.45, 7) is 1.19. The van der Waals surface area contributed by atoms with Crippen molar-refractivity contribution in [1.82, 2.24) is 10.2 Å². The molecule has 1 heterocycles. The molecule has 2 amide bonds. The highest BCUT2D eigenvalue weighted by Crippen LogP contribution is 2.13. The van der Waals surface area contributed by atoms with Crippen molar-refractivity contribution in [3.8, 4) is 0 Å². The summed E-state index contributed by atoms with van der Waals surface area (Å²) < 4.78 is 13.5. The Balaban J connectivity index is 2.27. The van der Waals surface area contributed by atoms with Gasteiger partial charge in [0.25, 0.3) is 5.91 Å². The van der Waals surface area contributed by atoms with Gasteiger partial charge in [-0.25, -0.2) is 4.39 Å². The van der Waals surface area contributed by atoms with Crippen molar-refractivity contribution in [2.75, 3.05) is 19.6 Å². The Bertz CT molecular complexity index is 478. The molecule has 2 rings (SSSR count). The Labute approximate surface area is 104 Å². The van der Waals surface area contributed by atoms with Crippen molar-refractivity contribution in [3.63, 3.8) is 0 Å². The van der Waals surface area contributed by atoms with Gasteiger partial charge in [0.15, 0.2) is 0 Å². The van der Waals surface area contributed by atoms with E-state index in [4.69, 9.17) is 5.73 Å². The lowest BCUT2D eigenvalue weighted by Crippen LogP contribution is -2.58. The first kappa shape index (κ1) is 12.5. The summed E-state index contributed by atoms with van der Waals surface area (Å²) in [5.74, 6) is -1.69. The van der Waals surface area contributed by atoms with Gasteiger partial charge in [-0.2, -0.15) is 0 Å². The first-order valence-electron chi connectivity index (χ1n) is 5.67. The fourth-order valence-electron chi connectivity index (χ4n) is 1.99. The number of rotatable bonds is 2. The molecular formula is C12H14FN3O2. The molecule has 1 unspecified atom stereocenters. The third-order valence-electron chi connectivity index (χ3n) is 2.94. The molecular weight excluding hydrogens is 237 g/mol. The van der Waals surface area contributed by atoms with E-state index >= 15 is 0 Å². The zero-order valence-electron chi connectivity index (χ0n) is 9.73. The van der Waals surface area contributed by atoms with E-state index in [0.717, 1.165) is 0 Å². The Hall–Kier alpha value is -1.95. The highest BCUT2D eigenvalue weighted by Gasteiger charge is 2.31. The van der Waals surface area contributed by atoms with Crippen molar-refractivity contribution in [1.29, 1.82) is 0 Å². The van der Waals surface area contributed by atoms with E-state index in [1.165, 1.54) is 23.1 Å². The Morgan fingerprint density at radius 3 is 2.78 bits per heavy atom. The summed E-state index contributed by atoms with van der Waals surface area (Å²) in [5.41, 5.74) is 5.21. The average Bonchev–Trinajstić information content (AvgIpc) is 2.38. The summed E-state index contributed by atoms with van der Waals surface area (Å²) in [7, 11) is 0. The van der Waals surface area contributed by atoms with Crippen molar-refractivity contribution < 1.29 is 14.0 Å². The van der Waals surface area contributed by atoms with Crippen LogP contribution in [0.5, 0.6) is 0 Å². The molecule has 6 heteroatoms. The van der Waals surface area contributed by atoms with E-state index in [-0.39, 0.29) is 5.56 Å². The maximum atomic E-state index is 13.5. The number of carbonyl (C=O) groups is 2. The quantitative estimate of drug-likeness (QED) is 0.759. The first-order chi connectivity index (χ1) is 8.61. The van der Waals surface area contributed by atoms with E-state index in [9.17, 15) is 14.0 Å². The molecule has 1 aromatic rings. The Morgan fingerprint density at radius 2 is 2.11 bits per heavy atom. The normalized spacial score (nSPS) is 19.6. The second-order valence-electron chi connectivity index (χ2n) is 4.10. The van der Waals surface area contributed by atoms with Crippen LogP contribution in [0.25, 0.3) is 0 Å². The molecule has 1 atom stereocenters. The number of primary amides is 1. The second kappa shape index (κ2) is 5.14. The minimum absolute atomic E-state index is 0.0364. The molecule has 18 heavy (non-hydrogen) atoms. The van der Waals surface area contributed by atoms with E-state index in [0.29, 0.717) is 19.6 Å². The SMILES string of the molecule is NC(=O)C1CNCCN1C(=O)c1ccccc1F. The minimum Gasteiger partial charge on any atom is -0.368 e. The summed E-state index contributed by atoms with van der Waals surface area (Å²) in [4.78, 5) is 24.8. The van der Waals surface area contributed by atoms with Gasteiger partial charge in [-0.1, -0.05) is 12.1 Å². The van der Waals surface area contributed by atoms with Gasteiger partial charge in [-0.05, 0) is 12.1 Å². The highest BCUT2D eigenvalue weighted by molar-refractivity contribution is 5.97. The molecule has 1 aliphatic heterocycles. The molecule has 1 fully saturated rings. The van der Waals surface area contributed by atoms with E-state index in [1.807, 2.05) is 0 Å². The predicted molar refractivity (Wildman–Crippen MR) is 63.3 cm³/mol. The second-order valence-corrected chi connectivity index (χ2v) is 4.10. The molecule has 0 radical (unpaired) electrons. The number of piperazine rings is 1. The van der Waals surface area contributed by atoms with Crippen molar-refractivity contribution in [2.45, 2.75) is 6.04 Å². The number of hydrogen-bond acceptors (Lipinski definition) is 3. The Morgan fingerprint density at radius 1 is 1.39 bits per heavy atom. The van der Waals surface area contributed by atoms with Crippen LogP contribution in [0.4, 0.5) is 4.39 Å². The van der Waals surface area contributed by atoms with Gasteiger partial charge in [-0.15, -0.1) is 0 Å². The maximum absolute atomic E-state index is 13.5. The third-order valence-corrected chi connectivity index (χ3v) is 2.94. The molecule has 0 bridgehead atoms. The summed E-state index contributed by atoms with van der Waals surface area (Å²) in [6.07, 6.45) is 0. The molecule has 0 saturated carbocycles. The molecule has 0 aliphatic carbocycles. The number of benzene rings is 1. The molecule has 3 N–H and O–H groups in total. The number of nitrogens with two attached hydrogens (primary N) is 1. The lowest BCUT2D eigenvalue weighted by atomic mass is 10.1. The summed E-state index contributed by atoms with van der Waals surface area (Å²) in [6, 6.07) is 4.98. The van der Waals surface area contributed by atoms with E-state index in [2.05, 4.69) is 5.32 Å². The number of hydrogen-bond donors (Lipinski definition) is 2.